The minimum Gasteiger partial charge on any atom is -0.369 e. The summed E-state index contributed by atoms with van der Waals surface area (Å²) in [4.78, 5) is 30.9. The fourth-order valence-corrected chi connectivity index (χ4v) is 5.20. The highest BCUT2D eigenvalue weighted by molar-refractivity contribution is 5.99. The SMILES string of the molecule is C=O.CCC(CC)(C(=O)Nc1ccc(-c2cnc(Nc3cccc(C)c3)nc2NCCCNC)cc1)c1cccc(C(F)(F)F)c1. The molecule has 4 aromatic rings. The van der Waals surface area contributed by atoms with Gasteiger partial charge in [0.1, 0.15) is 12.6 Å². The van der Waals surface area contributed by atoms with Crippen molar-refractivity contribution in [1.82, 2.24) is 15.3 Å². The maximum Gasteiger partial charge on any atom is 0.416 e. The third-order valence-corrected chi connectivity index (χ3v) is 7.80. The minimum absolute atomic E-state index is 0.344. The maximum atomic E-state index is 13.6. The van der Waals surface area contributed by atoms with Crippen molar-refractivity contribution in [2.45, 2.75) is 51.6 Å². The zero-order valence-corrected chi connectivity index (χ0v) is 26.6. The summed E-state index contributed by atoms with van der Waals surface area (Å²) in [6, 6.07) is 20.3. The van der Waals surface area contributed by atoms with Crippen LogP contribution in [0.2, 0.25) is 0 Å². The first-order valence-corrected chi connectivity index (χ1v) is 15.1. The van der Waals surface area contributed by atoms with Gasteiger partial charge in [0, 0.05) is 29.7 Å². The summed E-state index contributed by atoms with van der Waals surface area (Å²) in [5.41, 5.74) is 2.65. The van der Waals surface area contributed by atoms with Gasteiger partial charge in [0.25, 0.3) is 0 Å². The van der Waals surface area contributed by atoms with Gasteiger partial charge < -0.3 is 26.1 Å². The molecule has 0 saturated heterocycles. The van der Waals surface area contributed by atoms with Gasteiger partial charge in [-0.25, -0.2) is 4.98 Å². The van der Waals surface area contributed by atoms with Crippen molar-refractivity contribution in [2.24, 2.45) is 0 Å². The van der Waals surface area contributed by atoms with E-state index in [-0.39, 0.29) is 5.91 Å². The second kappa shape index (κ2) is 16.5. The van der Waals surface area contributed by atoms with Crippen molar-refractivity contribution >= 4 is 35.8 Å². The summed E-state index contributed by atoms with van der Waals surface area (Å²) >= 11 is 0. The molecule has 0 aliphatic heterocycles. The molecule has 3 aromatic carbocycles. The van der Waals surface area contributed by atoms with Crippen molar-refractivity contribution in [3.05, 3.63) is 95.7 Å². The van der Waals surface area contributed by atoms with E-state index in [1.165, 1.54) is 6.07 Å². The Morgan fingerprint density at radius 3 is 2.17 bits per heavy atom. The van der Waals surface area contributed by atoms with E-state index in [0.717, 1.165) is 47.5 Å². The number of nitrogens with one attached hydrogen (secondary N) is 4. The molecule has 244 valence electrons. The third kappa shape index (κ3) is 8.91. The Morgan fingerprint density at radius 2 is 1.54 bits per heavy atom. The summed E-state index contributed by atoms with van der Waals surface area (Å²) in [5, 5.41) is 12.8. The Kier molecular flexibility index (Phi) is 12.8. The van der Waals surface area contributed by atoms with Gasteiger partial charge in [-0.15, -0.1) is 0 Å². The molecular formula is C35H41F3N6O2. The molecule has 0 radical (unpaired) electrons. The number of amides is 1. The van der Waals surface area contributed by atoms with Crippen LogP contribution in [0.25, 0.3) is 11.1 Å². The van der Waals surface area contributed by atoms with E-state index in [0.29, 0.717) is 42.4 Å². The molecule has 0 aliphatic carbocycles. The highest BCUT2D eigenvalue weighted by Gasteiger charge is 2.39. The number of nitrogens with zero attached hydrogens (tertiary/aromatic N) is 2. The molecular weight excluding hydrogens is 593 g/mol. The standard InChI is InChI=1S/C34H39F3N6O.CH2O/c1-5-33(6-2,25-11-8-12-26(21-25)34(35,36)37)31(44)41-27-16-14-24(15-17-27)29-22-40-32(42-28-13-7-10-23(3)20-28)43-30(29)39-19-9-18-38-4;1-2/h7-8,10-17,20-22,38H,5-6,9,18-19H2,1-4H3,(H,41,44)(H2,39,40,42,43);1H2. The van der Waals surface area contributed by atoms with Gasteiger partial charge in [0.05, 0.1) is 11.0 Å². The number of hydrogen-bond acceptors (Lipinski definition) is 7. The number of aryl methyl sites for hydroxylation is 1. The molecule has 0 atom stereocenters. The fraction of sp³-hybridized carbons (Fsp3) is 0.314. The van der Waals surface area contributed by atoms with E-state index in [9.17, 15) is 18.0 Å². The zero-order chi connectivity index (χ0) is 33.7. The molecule has 1 aromatic heterocycles. The molecule has 0 saturated carbocycles. The summed E-state index contributed by atoms with van der Waals surface area (Å²) in [6.45, 7) is 9.21. The van der Waals surface area contributed by atoms with Crippen molar-refractivity contribution in [2.75, 3.05) is 36.1 Å². The van der Waals surface area contributed by atoms with Crippen LogP contribution >= 0.6 is 0 Å². The number of hydrogen-bond donors (Lipinski definition) is 4. The number of aromatic nitrogens is 2. The van der Waals surface area contributed by atoms with Gasteiger partial charge >= 0.3 is 6.18 Å². The lowest BCUT2D eigenvalue weighted by atomic mass is 9.74. The Balaban J connectivity index is 0.00000282. The quantitative estimate of drug-likeness (QED) is 0.111. The first kappa shape index (κ1) is 35.7. The minimum atomic E-state index is -4.49. The van der Waals surface area contributed by atoms with Crippen molar-refractivity contribution in [1.29, 1.82) is 0 Å². The third-order valence-electron chi connectivity index (χ3n) is 7.80. The number of carbonyl (C=O) groups is 2. The number of alkyl halides is 3. The van der Waals surface area contributed by atoms with Crippen LogP contribution in [0.5, 0.6) is 0 Å². The Labute approximate surface area is 268 Å². The Bertz CT molecular complexity index is 1570. The van der Waals surface area contributed by atoms with Gasteiger partial charge in [-0.1, -0.05) is 56.3 Å². The van der Waals surface area contributed by atoms with Gasteiger partial charge in [-0.05, 0) is 86.8 Å². The number of carbonyl (C=O) groups excluding carboxylic acids is 2. The summed E-state index contributed by atoms with van der Waals surface area (Å²) in [5.74, 6) is 0.782. The summed E-state index contributed by atoms with van der Waals surface area (Å²) < 4.78 is 40.3. The van der Waals surface area contributed by atoms with Crippen LogP contribution in [0, 0.1) is 6.92 Å². The molecule has 0 spiro atoms. The normalized spacial score (nSPS) is 11.3. The molecule has 46 heavy (non-hydrogen) atoms. The lowest BCUT2D eigenvalue weighted by molar-refractivity contribution is -0.137. The number of halogens is 3. The van der Waals surface area contributed by atoms with E-state index in [1.54, 1.807) is 24.4 Å². The topological polar surface area (TPSA) is 108 Å². The van der Waals surface area contributed by atoms with Crippen LogP contribution in [0.15, 0.2) is 79.0 Å². The second-order valence-electron chi connectivity index (χ2n) is 10.7. The van der Waals surface area contributed by atoms with Crippen molar-refractivity contribution in [3.63, 3.8) is 0 Å². The van der Waals surface area contributed by atoms with Crippen LogP contribution in [-0.2, 0) is 21.2 Å². The molecule has 4 rings (SSSR count). The first-order valence-electron chi connectivity index (χ1n) is 15.1. The highest BCUT2D eigenvalue weighted by Crippen LogP contribution is 2.37. The van der Waals surface area contributed by atoms with Crippen molar-refractivity contribution < 1.29 is 22.8 Å². The van der Waals surface area contributed by atoms with Crippen LogP contribution in [-0.4, -0.2) is 42.8 Å². The van der Waals surface area contributed by atoms with Crippen molar-refractivity contribution in [3.8, 4) is 11.1 Å². The monoisotopic (exact) mass is 634 g/mol. The van der Waals surface area contributed by atoms with E-state index in [4.69, 9.17) is 9.78 Å². The number of anilines is 4. The maximum absolute atomic E-state index is 13.6. The fourth-order valence-electron chi connectivity index (χ4n) is 5.20. The predicted molar refractivity (Wildman–Crippen MR) is 178 cm³/mol. The molecule has 0 fully saturated rings. The van der Waals surface area contributed by atoms with Crippen LogP contribution < -0.4 is 21.3 Å². The van der Waals surface area contributed by atoms with Crippen LogP contribution in [0.3, 0.4) is 0 Å². The average Bonchev–Trinajstić information content (AvgIpc) is 3.05. The van der Waals surface area contributed by atoms with Crippen LogP contribution in [0.1, 0.15) is 49.8 Å². The summed E-state index contributed by atoms with van der Waals surface area (Å²) in [6.07, 6.45) is -1.15. The molecule has 0 bridgehead atoms. The largest absolute Gasteiger partial charge is 0.416 e. The Hall–Kier alpha value is -4.77. The smallest absolute Gasteiger partial charge is 0.369 e. The van der Waals surface area contributed by atoms with Gasteiger partial charge in [0.2, 0.25) is 11.9 Å². The molecule has 1 amide bonds. The van der Waals surface area contributed by atoms with E-state index in [2.05, 4.69) is 26.3 Å². The van der Waals surface area contributed by atoms with E-state index in [1.807, 2.05) is 71.0 Å². The molecule has 1 heterocycles. The van der Waals surface area contributed by atoms with Gasteiger partial charge in [-0.2, -0.15) is 18.2 Å². The number of benzene rings is 3. The molecule has 8 nitrogen and oxygen atoms in total. The van der Waals surface area contributed by atoms with Gasteiger partial charge in [0.15, 0.2) is 0 Å². The molecule has 11 heteroatoms. The molecule has 0 unspecified atom stereocenters. The average molecular weight is 635 g/mol. The Morgan fingerprint density at radius 1 is 0.870 bits per heavy atom. The molecule has 4 N–H and O–H groups in total. The van der Waals surface area contributed by atoms with E-state index >= 15 is 0 Å². The van der Waals surface area contributed by atoms with Gasteiger partial charge in [-0.3, -0.25) is 4.79 Å². The van der Waals surface area contributed by atoms with E-state index < -0.39 is 17.2 Å². The second-order valence-corrected chi connectivity index (χ2v) is 10.7. The molecule has 0 aliphatic rings. The zero-order valence-electron chi connectivity index (χ0n) is 26.6. The first-order chi connectivity index (χ1) is 22.1. The number of rotatable bonds is 13. The predicted octanol–water partition coefficient (Wildman–Crippen LogP) is 7.75. The lowest BCUT2D eigenvalue weighted by Gasteiger charge is -2.31. The highest BCUT2D eigenvalue weighted by atomic mass is 19.4. The van der Waals surface area contributed by atoms with Crippen LogP contribution in [0.4, 0.5) is 36.3 Å². The lowest BCUT2D eigenvalue weighted by Crippen LogP contribution is -2.39. The summed E-state index contributed by atoms with van der Waals surface area (Å²) in [7, 11) is 1.91.